The number of hydrazone groups is 1. The van der Waals surface area contributed by atoms with Crippen molar-refractivity contribution in [2.45, 2.75) is 13.3 Å². The molecule has 0 saturated carbocycles. The van der Waals surface area contributed by atoms with E-state index in [9.17, 15) is 24.2 Å². The van der Waals surface area contributed by atoms with Crippen molar-refractivity contribution < 1.29 is 24.2 Å². The summed E-state index contributed by atoms with van der Waals surface area (Å²) in [7, 11) is 0. The first kappa shape index (κ1) is 17.9. The maximum Gasteiger partial charge on any atom is 0.275 e. The van der Waals surface area contributed by atoms with Crippen molar-refractivity contribution in [3.05, 3.63) is 53.8 Å². The van der Waals surface area contributed by atoms with E-state index >= 15 is 0 Å². The number of benzene rings is 2. The van der Waals surface area contributed by atoms with Crippen molar-refractivity contribution in [3.8, 4) is 11.5 Å². The SMILES string of the molecule is CC(CC(=O)Nc1ccc(F)cc1)=NNC(=O)c1ccc(O)cc1O. The van der Waals surface area contributed by atoms with Gasteiger partial charge in [-0.15, -0.1) is 0 Å². The molecule has 2 aromatic carbocycles. The fraction of sp³-hybridized carbons (Fsp3) is 0.118. The van der Waals surface area contributed by atoms with Gasteiger partial charge in [0.1, 0.15) is 17.3 Å². The maximum atomic E-state index is 12.8. The number of phenolic OH excluding ortho intramolecular Hbond substituents is 2. The molecule has 2 rings (SSSR count). The number of phenols is 2. The van der Waals surface area contributed by atoms with Gasteiger partial charge in [0.2, 0.25) is 5.91 Å². The highest BCUT2D eigenvalue weighted by Gasteiger charge is 2.11. The Balaban J connectivity index is 1.91. The van der Waals surface area contributed by atoms with Gasteiger partial charge in [-0.3, -0.25) is 9.59 Å². The molecule has 0 spiro atoms. The molecule has 4 N–H and O–H groups in total. The molecule has 7 nitrogen and oxygen atoms in total. The van der Waals surface area contributed by atoms with Crippen LogP contribution in [0.5, 0.6) is 11.5 Å². The second-order valence-corrected chi connectivity index (χ2v) is 5.22. The number of carbonyl (C=O) groups is 2. The van der Waals surface area contributed by atoms with Gasteiger partial charge in [-0.25, -0.2) is 9.82 Å². The molecular weight excluding hydrogens is 329 g/mol. The summed E-state index contributed by atoms with van der Waals surface area (Å²) in [5, 5.41) is 25.1. The second kappa shape index (κ2) is 7.91. The lowest BCUT2D eigenvalue weighted by Crippen LogP contribution is -2.21. The molecule has 130 valence electrons. The minimum absolute atomic E-state index is 0.0647. The number of anilines is 1. The Labute approximate surface area is 142 Å². The van der Waals surface area contributed by atoms with Gasteiger partial charge in [-0.1, -0.05) is 0 Å². The molecule has 8 heteroatoms. The predicted octanol–water partition coefficient (Wildman–Crippen LogP) is 2.37. The van der Waals surface area contributed by atoms with Crippen molar-refractivity contribution >= 4 is 23.2 Å². The number of hydrogen-bond donors (Lipinski definition) is 4. The monoisotopic (exact) mass is 345 g/mol. The normalized spacial score (nSPS) is 11.0. The van der Waals surface area contributed by atoms with Crippen LogP contribution in [-0.2, 0) is 4.79 Å². The van der Waals surface area contributed by atoms with Crippen molar-refractivity contribution in [3.63, 3.8) is 0 Å². The standard InChI is InChI=1S/C17H16FN3O4/c1-10(8-16(24)19-12-4-2-11(18)3-5-12)20-21-17(25)14-7-6-13(22)9-15(14)23/h2-7,9,22-23H,8H2,1H3,(H,19,24)(H,21,25). The fourth-order valence-corrected chi connectivity index (χ4v) is 1.93. The van der Waals surface area contributed by atoms with Crippen LogP contribution in [0.15, 0.2) is 47.6 Å². The second-order valence-electron chi connectivity index (χ2n) is 5.22. The van der Waals surface area contributed by atoms with Gasteiger partial charge in [-0.2, -0.15) is 5.10 Å². The summed E-state index contributed by atoms with van der Waals surface area (Å²) in [6, 6.07) is 8.82. The van der Waals surface area contributed by atoms with Crippen LogP contribution in [-0.4, -0.2) is 27.7 Å². The lowest BCUT2D eigenvalue weighted by molar-refractivity contribution is -0.115. The highest BCUT2D eigenvalue weighted by atomic mass is 19.1. The van der Waals surface area contributed by atoms with Crippen LogP contribution < -0.4 is 10.7 Å². The summed E-state index contributed by atoms with van der Waals surface area (Å²) in [6.45, 7) is 1.54. The third-order valence-electron chi connectivity index (χ3n) is 3.12. The van der Waals surface area contributed by atoms with E-state index in [1.807, 2.05) is 0 Å². The Kier molecular flexibility index (Phi) is 5.67. The van der Waals surface area contributed by atoms with Crippen molar-refractivity contribution in [2.75, 3.05) is 5.32 Å². The smallest absolute Gasteiger partial charge is 0.275 e. The highest BCUT2D eigenvalue weighted by Crippen LogP contribution is 2.22. The molecule has 0 unspecified atom stereocenters. The molecule has 0 bridgehead atoms. The van der Waals surface area contributed by atoms with Gasteiger partial charge in [-0.05, 0) is 43.3 Å². The number of halogens is 1. The first-order valence-electron chi connectivity index (χ1n) is 7.26. The van der Waals surface area contributed by atoms with E-state index in [-0.39, 0.29) is 29.4 Å². The van der Waals surface area contributed by atoms with Crippen LogP contribution in [0.25, 0.3) is 0 Å². The molecule has 2 aromatic rings. The zero-order chi connectivity index (χ0) is 18.4. The number of aromatic hydroxyl groups is 2. The fourth-order valence-electron chi connectivity index (χ4n) is 1.93. The Bertz CT molecular complexity index is 819. The van der Waals surface area contributed by atoms with E-state index in [1.54, 1.807) is 6.92 Å². The number of carbonyl (C=O) groups excluding carboxylic acids is 2. The zero-order valence-corrected chi connectivity index (χ0v) is 13.3. The zero-order valence-electron chi connectivity index (χ0n) is 13.3. The van der Waals surface area contributed by atoms with Gasteiger partial charge < -0.3 is 15.5 Å². The first-order valence-corrected chi connectivity index (χ1v) is 7.26. The minimum atomic E-state index is -0.684. The highest BCUT2D eigenvalue weighted by molar-refractivity contribution is 6.06. The van der Waals surface area contributed by atoms with Crippen molar-refractivity contribution in [1.29, 1.82) is 0 Å². The van der Waals surface area contributed by atoms with Gasteiger partial charge >= 0.3 is 0 Å². The van der Waals surface area contributed by atoms with Crippen molar-refractivity contribution in [1.82, 2.24) is 5.43 Å². The molecule has 0 aliphatic rings. The van der Waals surface area contributed by atoms with Crippen LogP contribution in [0.3, 0.4) is 0 Å². The molecule has 0 radical (unpaired) electrons. The van der Waals surface area contributed by atoms with Crippen LogP contribution in [0, 0.1) is 5.82 Å². The Morgan fingerprint density at radius 1 is 1.12 bits per heavy atom. The molecular formula is C17H16FN3O4. The number of nitrogens with one attached hydrogen (secondary N) is 2. The average molecular weight is 345 g/mol. The van der Waals surface area contributed by atoms with Gasteiger partial charge in [0.15, 0.2) is 0 Å². The molecule has 0 atom stereocenters. The lowest BCUT2D eigenvalue weighted by Gasteiger charge is -2.06. The summed E-state index contributed by atoms with van der Waals surface area (Å²) in [4.78, 5) is 23.7. The number of nitrogens with zero attached hydrogens (tertiary/aromatic N) is 1. The van der Waals surface area contributed by atoms with Crippen LogP contribution >= 0.6 is 0 Å². The molecule has 0 aromatic heterocycles. The Morgan fingerprint density at radius 2 is 1.80 bits per heavy atom. The number of rotatable bonds is 5. The van der Waals surface area contributed by atoms with Crippen LogP contribution in [0.1, 0.15) is 23.7 Å². The van der Waals surface area contributed by atoms with Gasteiger partial charge in [0.25, 0.3) is 5.91 Å². The van der Waals surface area contributed by atoms with E-state index < -0.39 is 11.7 Å². The molecule has 25 heavy (non-hydrogen) atoms. The van der Waals surface area contributed by atoms with E-state index in [4.69, 9.17) is 0 Å². The van der Waals surface area contributed by atoms with Gasteiger partial charge in [0, 0.05) is 17.5 Å². The topological polar surface area (TPSA) is 111 Å². The predicted molar refractivity (Wildman–Crippen MR) is 90.0 cm³/mol. The van der Waals surface area contributed by atoms with E-state index in [0.717, 1.165) is 6.07 Å². The molecule has 2 amide bonds. The summed E-state index contributed by atoms with van der Waals surface area (Å²) < 4.78 is 12.8. The lowest BCUT2D eigenvalue weighted by atomic mass is 10.2. The van der Waals surface area contributed by atoms with Crippen LogP contribution in [0.2, 0.25) is 0 Å². The summed E-state index contributed by atoms with van der Waals surface area (Å²) >= 11 is 0. The minimum Gasteiger partial charge on any atom is -0.508 e. The maximum absolute atomic E-state index is 12.8. The third-order valence-corrected chi connectivity index (χ3v) is 3.12. The molecule has 0 aliphatic heterocycles. The quantitative estimate of drug-likeness (QED) is 0.492. The average Bonchev–Trinajstić information content (AvgIpc) is 2.54. The molecule has 0 fully saturated rings. The first-order chi connectivity index (χ1) is 11.8. The Morgan fingerprint density at radius 3 is 2.44 bits per heavy atom. The van der Waals surface area contributed by atoms with Crippen molar-refractivity contribution in [2.24, 2.45) is 5.10 Å². The summed E-state index contributed by atoms with van der Waals surface area (Å²) in [6.07, 6.45) is -0.0841. The Hall–Kier alpha value is -3.42. The molecule has 0 saturated heterocycles. The van der Waals surface area contributed by atoms with E-state index in [0.29, 0.717) is 11.4 Å². The largest absolute Gasteiger partial charge is 0.508 e. The summed E-state index contributed by atoms with van der Waals surface area (Å²) in [5.41, 5.74) is 2.92. The molecule has 0 heterocycles. The third kappa shape index (κ3) is 5.31. The van der Waals surface area contributed by atoms with E-state index in [1.165, 1.54) is 36.4 Å². The van der Waals surface area contributed by atoms with E-state index in [2.05, 4.69) is 15.8 Å². The van der Waals surface area contributed by atoms with Gasteiger partial charge in [0.05, 0.1) is 12.0 Å². The number of amides is 2. The number of hydrogen-bond acceptors (Lipinski definition) is 5. The van der Waals surface area contributed by atoms with Crippen LogP contribution in [0.4, 0.5) is 10.1 Å². The molecule has 0 aliphatic carbocycles. The summed E-state index contributed by atoms with van der Waals surface area (Å²) in [5.74, 6) is -2.04.